The van der Waals surface area contributed by atoms with Crippen LogP contribution >= 0.6 is 11.3 Å². The molecule has 3 aromatic rings. The van der Waals surface area contributed by atoms with Gasteiger partial charge in [0.25, 0.3) is 0 Å². The Bertz CT molecular complexity index is 607. The Morgan fingerprint density at radius 2 is 2.27 bits per heavy atom. The molecule has 2 nitrogen and oxygen atoms in total. The highest BCUT2D eigenvalue weighted by atomic mass is 32.1. The van der Waals surface area contributed by atoms with Gasteiger partial charge in [-0.3, -0.25) is 4.98 Å². The van der Waals surface area contributed by atoms with Crippen LogP contribution in [0, 0.1) is 6.92 Å². The first-order chi connectivity index (χ1) is 7.34. The van der Waals surface area contributed by atoms with Crippen molar-refractivity contribution in [3.05, 3.63) is 47.7 Å². The molecule has 0 aromatic carbocycles. The maximum Gasteiger partial charge on any atom is 0.104 e. The molecule has 3 heterocycles. The Morgan fingerprint density at radius 1 is 1.33 bits per heavy atom. The molecule has 0 fully saturated rings. The highest BCUT2D eigenvalue weighted by molar-refractivity contribution is 7.13. The zero-order valence-corrected chi connectivity index (χ0v) is 9.16. The Morgan fingerprint density at radius 3 is 3.07 bits per heavy atom. The second kappa shape index (κ2) is 3.21. The molecule has 15 heavy (non-hydrogen) atoms. The maximum atomic E-state index is 4.45. The Labute approximate surface area is 91.8 Å². The molecule has 0 radical (unpaired) electrons. The van der Waals surface area contributed by atoms with Crippen molar-refractivity contribution in [2.24, 2.45) is 0 Å². The van der Waals surface area contributed by atoms with E-state index in [0.29, 0.717) is 0 Å². The minimum absolute atomic E-state index is 1.07. The summed E-state index contributed by atoms with van der Waals surface area (Å²) in [6.07, 6.45) is 5.86. The smallest absolute Gasteiger partial charge is 0.104 e. The Balaban J connectivity index is 2.30. The first kappa shape index (κ1) is 8.68. The predicted octanol–water partition coefficient (Wildman–Crippen LogP) is 3.37. The standard InChI is InChI=1S/C12H10N2S/c1-9-7-11(15-8-9)12-10-3-2-5-14(10)6-4-13-12/h2-8H,1H3. The molecular weight excluding hydrogens is 204 g/mol. The molecule has 0 saturated heterocycles. The summed E-state index contributed by atoms with van der Waals surface area (Å²) in [6.45, 7) is 2.11. The van der Waals surface area contributed by atoms with E-state index in [0.717, 1.165) is 5.69 Å². The average Bonchev–Trinajstić information content (AvgIpc) is 2.84. The van der Waals surface area contributed by atoms with E-state index in [1.54, 1.807) is 11.3 Å². The summed E-state index contributed by atoms with van der Waals surface area (Å²) in [7, 11) is 0. The van der Waals surface area contributed by atoms with E-state index in [9.17, 15) is 0 Å². The molecule has 0 spiro atoms. The molecule has 3 aromatic heterocycles. The largest absolute Gasteiger partial charge is 0.320 e. The predicted molar refractivity (Wildman–Crippen MR) is 63.2 cm³/mol. The van der Waals surface area contributed by atoms with Crippen LogP contribution in [0.15, 0.2) is 42.2 Å². The third kappa shape index (κ3) is 1.36. The van der Waals surface area contributed by atoms with Gasteiger partial charge in [-0.15, -0.1) is 11.3 Å². The van der Waals surface area contributed by atoms with Gasteiger partial charge in [0, 0.05) is 18.6 Å². The highest BCUT2D eigenvalue weighted by Crippen LogP contribution is 2.28. The summed E-state index contributed by atoms with van der Waals surface area (Å²) < 4.78 is 2.09. The Hall–Kier alpha value is -1.61. The summed E-state index contributed by atoms with van der Waals surface area (Å²) in [5.41, 5.74) is 3.53. The van der Waals surface area contributed by atoms with Gasteiger partial charge in [0.05, 0.1) is 10.4 Å². The molecule has 74 valence electrons. The lowest BCUT2D eigenvalue weighted by Crippen LogP contribution is -1.87. The van der Waals surface area contributed by atoms with Gasteiger partial charge in [0.15, 0.2) is 0 Å². The molecule has 3 rings (SSSR count). The van der Waals surface area contributed by atoms with Gasteiger partial charge >= 0.3 is 0 Å². The fourth-order valence-corrected chi connectivity index (χ4v) is 2.62. The fourth-order valence-electron chi connectivity index (χ4n) is 1.72. The third-order valence-electron chi connectivity index (χ3n) is 2.42. The number of hydrogen-bond donors (Lipinski definition) is 0. The number of aryl methyl sites for hydroxylation is 1. The molecule has 0 unspecified atom stereocenters. The van der Waals surface area contributed by atoms with Crippen LogP contribution in [-0.4, -0.2) is 9.38 Å². The first-order valence-corrected chi connectivity index (χ1v) is 5.70. The SMILES string of the molecule is Cc1csc(-c2nccn3cccc23)c1. The quantitative estimate of drug-likeness (QED) is 0.607. The second-order valence-electron chi connectivity index (χ2n) is 3.56. The van der Waals surface area contributed by atoms with E-state index in [1.807, 2.05) is 24.7 Å². The highest BCUT2D eigenvalue weighted by Gasteiger charge is 2.06. The van der Waals surface area contributed by atoms with Crippen molar-refractivity contribution < 1.29 is 0 Å². The third-order valence-corrected chi connectivity index (χ3v) is 3.47. The second-order valence-corrected chi connectivity index (χ2v) is 4.48. The van der Waals surface area contributed by atoms with Crippen molar-refractivity contribution >= 4 is 16.9 Å². The van der Waals surface area contributed by atoms with Crippen LogP contribution in [0.5, 0.6) is 0 Å². The minimum atomic E-state index is 1.07. The van der Waals surface area contributed by atoms with Crippen LogP contribution in [0.3, 0.4) is 0 Å². The molecular formula is C12H10N2S. The van der Waals surface area contributed by atoms with Crippen LogP contribution in [0.4, 0.5) is 0 Å². The lowest BCUT2D eigenvalue weighted by molar-refractivity contribution is 1.15. The summed E-state index contributed by atoms with van der Waals surface area (Å²) in [5, 5.41) is 2.16. The normalized spacial score (nSPS) is 11.0. The topological polar surface area (TPSA) is 17.3 Å². The van der Waals surface area contributed by atoms with Gasteiger partial charge < -0.3 is 4.40 Å². The van der Waals surface area contributed by atoms with Crippen molar-refractivity contribution in [2.75, 3.05) is 0 Å². The van der Waals surface area contributed by atoms with E-state index in [-0.39, 0.29) is 0 Å². The Kier molecular flexibility index (Phi) is 1.86. The van der Waals surface area contributed by atoms with E-state index < -0.39 is 0 Å². The monoisotopic (exact) mass is 214 g/mol. The van der Waals surface area contributed by atoms with Crippen molar-refractivity contribution in [2.45, 2.75) is 6.92 Å². The first-order valence-electron chi connectivity index (χ1n) is 4.82. The van der Waals surface area contributed by atoms with Crippen LogP contribution < -0.4 is 0 Å². The van der Waals surface area contributed by atoms with E-state index in [2.05, 4.69) is 33.8 Å². The average molecular weight is 214 g/mol. The minimum Gasteiger partial charge on any atom is -0.320 e. The molecule has 0 aliphatic carbocycles. The van der Waals surface area contributed by atoms with Crippen LogP contribution in [0.25, 0.3) is 16.1 Å². The number of rotatable bonds is 1. The number of hydrogen-bond acceptors (Lipinski definition) is 2. The van der Waals surface area contributed by atoms with Gasteiger partial charge in [-0.25, -0.2) is 0 Å². The van der Waals surface area contributed by atoms with E-state index in [4.69, 9.17) is 0 Å². The molecule has 0 amide bonds. The lowest BCUT2D eigenvalue weighted by Gasteiger charge is -2.00. The molecule has 0 atom stereocenters. The van der Waals surface area contributed by atoms with Gasteiger partial charge in [-0.2, -0.15) is 0 Å². The molecule has 0 N–H and O–H groups in total. The van der Waals surface area contributed by atoms with Crippen LogP contribution in [0.2, 0.25) is 0 Å². The number of nitrogens with zero attached hydrogens (tertiary/aromatic N) is 2. The molecule has 0 saturated carbocycles. The van der Waals surface area contributed by atoms with Crippen molar-refractivity contribution in [3.8, 4) is 10.6 Å². The zero-order chi connectivity index (χ0) is 10.3. The summed E-state index contributed by atoms with van der Waals surface area (Å²) in [6, 6.07) is 6.32. The maximum absolute atomic E-state index is 4.45. The summed E-state index contributed by atoms with van der Waals surface area (Å²) in [4.78, 5) is 5.69. The molecule has 0 aliphatic rings. The zero-order valence-electron chi connectivity index (χ0n) is 8.34. The van der Waals surface area contributed by atoms with Gasteiger partial charge in [-0.1, -0.05) is 0 Å². The lowest BCUT2D eigenvalue weighted by atomic mass is 10.2. The van der Waals surface area contributed by atoms with Gasteiger partial charge in [0.2, 0.25) is 0 Å². The fraction of sp³-hybridized carbons (Fsp3) is 0.0833. The number of fused-ring (bicyclic) bond motifs is 1. The van der Waals surface area contributed by atoms with E-state index in [1.165, 1.54) is 16.0 Å². The summed E-state index contributed by atoms with van der Waals surface area (Å²) in [5.74, 6) is 0. The van der Waals surface area contributed by atoms with Crippen molar-refractivity contribution in [1.82, 2.24) is 9.38 Å². The molecule has 3 heteroatoms. The van der Waals surface area contributed by atoms with Crippen molar-refractivity contribution in [3.63, 3.8) is 0 Å². The van der Waals surface area contributed by atoms with Crippen LogP contribution in [0.1, 0.15) is 5.56 Å². The molecule has 0 aliphatic heterocycles. The number of thiophene rings is 1. The van der Waals surface area contributed by atoms with Crippen LogP contribution in [-0.2, 0) is 0 Å². The van der Waals surface area contributed by atoms with E-state index >= 15 is 0 Å². The van der Waals surface area contributed by atoms with Crippen molar-refractivity contribution in [1.29, 1.82) is 0 Å². The summed E-state index contributed by atoms with van der Waals surface area (Å²) >= 11 is 1.75. The van der Waals surface area contributed by atoms with Gasteiger partial charge in [0.1, 0.15) is 5.69 Å². The molecule has 0 bridgehead atoms. The number of aromatic nitrogens is 2. The van der Waals surface area contributed by atoms with Gasteiger partial charge in [-0.05, 0) is 36.1 Å².